The van der Waals surface area contributed by atoms with Gasteiger partial charge in [0.2, 0.25) is 5.82 Å². The van der Waals surface area contributed by atoms with Crippen molar-refractivity contribution in [3.63, 3.8) is 0 Å². The number of ether oxygens (including phenoxy) is 2. The molecule has 0 spiro atoms. The number of nitrogens with zero attached hydrogens (tertiary/aromatic N) is 4. The Bertz CT molecular complexity index is 1290. The summed E-state index contributed by atoms with van der Waals surface area (Å²) in [5.41, 5.74) is 15.8. The lowest BCUT2D eigenvalue weighted by molar-refractivity contribution is 0.00681. The first-order chi connectivity index (χ1) is 18.2. The molecule has 11 nitrogen and oxygen atoms in total. The van der Waals surface area contributed by atoms with Crippen LogP contribution in [0.4, 0.5) is 16.3 Å². The fraction of sp³-hybridized carbons (Fsp3) is 0.480. The zero-order chi connectivity index (χ0) is 27.0. The van der Waals surface area contributed by atoms with Crippen LogP contribution in [0.3, 0.4) is 0 Å². The summed E-state index contributed by atoms with van der Waals surface area (Å²) >= 11 is 6.21. The number of aromatic nitrogens is 3. The highest BCUT2D eigenvalue weighted by Crippen LogP contribution is 2.48. The number of primary amides is 1. The zero-order valence-corrected chi connectivity index (χ0v) is 23.0. The van der Waals surface area contributed by atoms with Gasteiger partial charge in [0.1, 0.15) is 11.4 Å². The van der Waals surface area contributed by atoms with Gasteiger partial charge in [-0.1, -0.05) is 18.5 Å². The van der Waals surface area contributed by atoms with Gasteiger partial charge in [-0.2, -0.15) is 0 Å². The van der Waals surface area contributed by atoms with Crippen molar-refractivity contribution in [2.45, 2.75) is 38.6 Å². The third-order valence-corrected chi connectivity index (χ3v) is 8.52. The molecule has 5 rings (SSSR count). The standard InChI is InChI=1S/C25H32ClN8O3P/c1-12-2-3-13(21-17(12)7-15-11-36-5-4-18(15)34(21)38)9-31-20-19(14-6-16(26)10-30-8-14)32-24(33-22(20)27)23(28)37-25(29)35/h6,8,10,12-13,15,18,28,31H,2-5,7,9,11,38H2,1H3,(H2,29,35)(H2,27,32,33)/t12-,13+,15?,18?/m1/s1. The van der Waals surface area contributed by atoms with Crippen LogP contribution in [0.15, 0.2) is 29.7 Å². The van der Waals surface area contributed by atoms with Gasteiger partial charge >= 0.3 is 6.09 Å². The minimum absolute atomic E-state index is 0.108. The van der Waals surface area contributed by atoms with Crippen LogP contribution in [-0.2, 0) is 9.47 Å². The molecule has 1 aliphatic carbocycles. The second-order valence-corrected chi connectivity index (χ2v) is 11.1. The average molecular weight is 559 g/mol. The van der Waals surface area contributed by atoms with Gasteiger partial charge in [0.05, 0.1) is 11.6 Å². The minimum atomic E-state index is -1.14. The first kappa shape index (κ1) is 26.6. The number of nitrogen functional groups attached to an aromatic ring is 1. The predicted molar refractivity (Wildman–Crippen MR) is 148 cm³/mol. The molecule has 202 valence electrons. The van der Waals surface area contributed by atoms with Crippen LogP contribution in [0.5, 0.6) is 0 Å². The van der Waals surface area contributed by atoms with Crippen LogP contribution in [0.25, 0.3) is 11.3 Å². The normalized spacial score (nSPS) is 24.9. The zero-order valence-electron chi connectivity index (χ0n) is 21.1. The summed E-state index contributed by atoms with van der Waals surface area (Å²) in [7, 11) is 2.98. The number of amides is 1. The van der Waals surface area contributed by atoms with E-state index in [1.165, 1.54) is 17.5 Å². The lowest BCUT2D eigenvalue weighted by Crippen LogP contribution is -2.48. The van der Waals surface area contributed by atoms with Gasteiger partial charge in [-0.3, -0.25) is 10.4 Å². The second kappa shape index (κ2) is 11.0. The summed E-state index contributed by atoms with van der Waals surface area (Å²) in [6.07, 6.45) is 6.22. The number of allylic oxidation sites excluding steroid dienone is 1. The topological polar surface area (TPSA) is 165 Å². The van der Waals surface area contributed by atoms with Gasteiger partial charge in [0.25, 0.3) is 5.90 Å². The molecule has 0 bridgehead atoms. The molecule has 0 aromatic carbocycles. The molecular weight excluding hydrogens is 527 g/mol. The molecule has 0 saturated carbocycles. The van der Waals surface area contributed by atoms with Crippen molar-refractivity contribution in [3.05, 3.63) is 40.6 Å². The first-order valence-electron chi connectivity index (χ1n) is 12.7. The maximum absolute atomic E-state index is 11.2. The quantitative estimate of drug-likeness (QED) is 0.242. The van der Waals surface area contributed by atoms with E-state index in [0.29, 0.717) is 46.4 Å². The molecule has 3 unspecified atom stereocenters. The van der Waals surface area contributed by atoms with Crippen LogP contribution in [0.1, 0.15) is 38.4 Å². The average Bonchev–Trinajstić information content (AvgIpc) is 2.88. The minimum Gasteiger partial charge on any atom is -0.388 e. The Morgan fingerprint density at radius 3 is 2.92 bits per heavy atom. The molecule has 2 aromatic rings. The van der Waals surface area contributed by atoms with E-state index < -0.39 is 12.0 Å². The number of fused-ring (bicyclic) bond motifs is 1. The lowest BCUT2D eigenvalue weighted by Gasteiger charge is -2.50. The molecular formula is C25H32ClN8O3P. The number of hydrogen-bond donors (Lipinski definition) is 4. The van der Waals surface area contributed by atoms with Gasteiger partial charge in [-0.15, -0.1) is 0 Å². The van der Waals surface area contributed by atoms with Gasteiger partial charge in [0, 0.05) is 54.7 Å². The van der Waals surface area contributed by atoms with E-state index in [-0.39, 0.29) is 17.6 Å². The third kappa shape index (κ3) is 5.28. The molecule has 38 heavy (non-hydrogen) atoms. The molecule has 4 heterocycles. The number of pyridine rings is 1. The summed E-state index contributed by atoms with van der Waals surface area (Å²) < 4.78 is 12.9. The molecule has 2 aromatic heterocycles. The van der Waals surface area contributed by atoms with E-state index in [1.807, 2.05) is 0 Å². The number of nitrogens with two attached hydrogens (primary N) is 2. The highest BCUT2D eigenvalue weighted by Gasteiger charge is 2.41. The molecule has 1 fully saturated rings. The van der Waals surface area contributed by atoms with Gasteiger partial charge in [0.15, 0.2) is 5.82 Å². The van der Waals surface area contributed by atoms with E-state index in [9.17, 15) is 4.79 Å². The van der Waals surface area contributed by atoms with Crippen LogP contribution in [-0.4, -0.2) is 57.4 Å². The fourth-order valence-electron chi connectivity index (χ4n) is 5.84. The van der Waals surface area contributed by atoms with Crippen molar-refractivity contribution < 1.29 is 14.3 Å². The van der Waals surface area contributed by atoms with E-state index in [0.717, 1.165) is 38.9 Å². The maximum Gasteiger partial charge on any atom is 0.411 e. The Morgan fingerprint density at radius 2 is 2.16 bits per heavy atom. The molecule has 13 heteroatoms. The van der Waals surface area contributed by atoms with Gasteiger partial charge in [-0.25, -0.2) is 14.8 Å². The Hall–Kier alpha value is -3.01. The van der Waals surface area contributed by atoms with E-state index in [2.05, 4.69) is 46.0 Å². The van der Waals surface area contributed by atoms with Crippen molar-refractivity contribution in [3.8, 4) is 11.3 Å². The van der Waals surface area contributed by atoms with E-state index in [1.54, 1.807) is 12.3 Å². The lowest BCUT2D eigenvalue weighted by atomic mass is 9.72. The smallest absolute Gasteiger partial charge is 0.388 e. The predicted octanol–water partition coefficient (Wildman–Crippen LogP) is 3.81. The number of carbonyl (C=O) groups is 1. The van der Waals surface area contributed by atoms with Crippen molar-refractivity contribution >= 4 is 44.5 Å². The van der Waals surface area contributed by atoms with Crippen molar-refractivity contribution in [2.24, 2.45) is 23.5 Å². The van der Waals surface area contributed by atoms with Crippen molar-refractivity contribution in [1.82, 2.24) is 19.6 Å². The SMILES string of the molecule is C[C@@H]1CC[C@@H](CNc2c(N)nc(C(=N)OC(N)=O)nc2-c2cncc(Cl)c2)C2=C1CC1COCCC1N2P. The van der Waals surface area contributed by atoms with Crippen molar-refractivity contribution in [1.29, 1.82) is 5.41 Å². The fourth-order valence-corrected chi connectivity index (χ4v) is 6.78. The monoisotopic (exact) mass is 558 g/mol. The third-order valence-electron chi connectivity index (χ3n) is 7.66. The molecule has 3 aliphatic rings. The number of halogens is 1. The Labute approximate surface area is 228 Å². The van der Waals surface area contributed by atoms with Crippen LogP contribution in [0, 0.1) is 23.2 Å². The van der Waals surface area contributed by atoms with Crippen molar-refractivity contribution in [2.75, 3.05) is 30.8 Å². The number of carbonyl (C=O) groups excluding carboxylic acids is 1. The van der Waals surface area contributed by atoms with Gasteiger partial charge in [-0.05, 0) is 52.6 Å². The van der Waals surface area contributed by atoms with Gasteiger partial charge < -0.3 is 30.9 Å². The summed E-state index contributed by atoms with van der Waals surface area (Å²) in [4.78, 5) is 24.0. The summed E-state index contributed by atoms with van der Waals surface area (Å²) in [6.45, 7) is 4.54. The highest BCUT2D eigenvalue weighted by molar-refractivity contribution is 7.13. The van der Waals surface area contributed by atoms with Crippen LogP contribution in [0.2, 0.25) is 5.02 Å². The Kier molecular flexibility index (Phi) is 7.70. The molecule has 2 aliphatic heterocycles. The number of rotatable bonds is 5. The summed E-state index contributed by atoms with van der Waals surface area (Å²) in [5.74, 6) is 0.650. The first-order valence-corrected chi connectivity index (χ1v) is 13.6. The maximum atomic E-state index is 11.2. The summed E-state index contributed by atoms with van der Waals surface area (Å²) in [5, 5.41) is 11.9. The molecule has 6 N–H and O–H groups in total. The highest BCUT2D eigenvalue weighted by atomic mass is 35.5. The van der Waals surface area contributed by atoms with E-state index in [4.69, 9.17) is 33.2 Å². The number of nitrogens with one attached hydrogen (secondary N) is 2. The molecule has 0 radical (unpaired) electrons. The molecule has 5 atom stereocenters. The Morgan fingerprint density at radius 1 is 1.34 bits per heavy atom. The van der Waals surface area contributed by atoms with E-state index >= 15 is 0 Å². The Balaban J connectivity index is 1.47. The second-order valence-electron chi connectivity index (χ2n) is 10.1. The molecule has 1 saturated heterocycles. The van der Waals surface area contributed by atoms with Crippen LogP contribution < -0.4 is 16.8 Å². The summed E-state index contributed by atoms with van der Waals surface area (Å²) in [6, 6.07) is 2.15. The molecule has 1 amide bonds. The van der Waals surface area contributed by atoms with Crippen LogP contribution >= 0.6 is 21.0 Å². The largest absolute Gasteiger partial charge is 0.411 e. The number of hydrogen-bond acceptors (Lipinski definition) is 10. The number of anilines is 2.